The predicted molar refractivity (Wildman–Crippen MR) is 129 cm³/mol. The number of thioether (sulfide) groups is 1. The van der Waals surface area contributed by atoms with Gasteiger partial charge in [-0.2, -0.15) is 0 Å². The predicted octanol–water partition coefficient (Wildman–Crippen LogP) is 4.41. The third kappa shape index (κ3) is 4.64. The van der Waals surface area contributed by atoms with Crippen LogP contribution in [0.4, 0.5) is 11.6 Å². The van der Waals surface area contributed by atoms with Crippen molar-refractivity contribution in [3.63, 3.8) is 0 Å². The highest BCUT2D eigenvalue weighted by Gasteiger charge is 2.25. The lowest BCUT2D eigenvalue weighted by Gasteiger charge is -2.28. The first kappa shape index (κ1) is 21.6. The Kier molecular flexibility index (Phi) is 6.13. The van der Waals surface area contributed by atoms with Gasteiger partial charge in [-0.15, -0.1) is 10.2 Å². The van der Waals surface area contributed by atoms with Gasteiger partial charge in [0.05, 0.1) is 10.9 Å². The van der Waals surface area contributed by atoms with E-state index in [1.54, 1.807) is 12.1 Å². The summed E-state index contributed by atoms with van der Waals surface area (Å²) in [5.74, 6) is 2.05. The molecule has 1 fully saturated rings. The molecule has 0 spiro atoms. The van der Waals surface area contributed by atoms with E-state index >= 15 is 0 Å². The van der Waals surface area contributed by atoms with Crippen molar-refractivity contribution in [1.29, 1.82) is 0 Å². The number of nitrogens with one attached hydrogen (secondary N) is 1. The molecular formula is C24H27N5O3S. The molecule has 1 aromatic heterocycles. The summed E-state index contributed by atoms with van der Waals surface area (Å²) in [6.07, 6.45) is 3.54. The van der Waals surface area contributed by atoms with Crippen LogP contribution in [0.3, 0.4) is 0 Å². The Bertz CT molecular complexity index is 1140. The van der Waals surface area contributed by atoms with Gasteiger partial charge in [-0.25, -0.2) is 0 Å². The third-order valence-corrected chi connectivity index (χ3v) is 6.88. The van der Waals surface area contributed by atoms with E-state index in [1.165, 1.54) is 23.7 Å². The van der Waals surface area contributed by atoms with Gasteiger partial charge < -0.3 is 19.7 Å². The van der Waals surface area contributed by atoms with Crippen LogP contribution in [-0.4, -0.2) is 45.8 Å². The molecular weight excluding hydrogens is 438 g/mol. The van der Waals surface area contributed by atoms with Crippen molar-refractivity contribution in [2.24, 2.45) is 0 Å². The minimum absolute atomic E-state index is 0.114. The maximum Gasteiger partial charge on any atom is 0.237 e. The van der Waals surface area contributed by atoms with Gasteiger partial charge in [-0.1, -0.05) is 29.5 Å². The van der Waals surface area contributed by atoms with Crippen LogP contribution in [0.25, 0.3) is 5.69 Å². The number of aryl methyl sites for hydroxylation is 1. The van der Waals surface area contributed by atoms with E-state index in [9.17, 15) is 4.79 Å². The summed E-state index contributed by atoms with van der Waals surface area (Å²) in [7, 11) is 0. The molecule has 2 aliphatic heterocycles. The Morgan fingerprint density at radius 2 is 1.79 bits per heavy atom. The topological polar surface area (TPSA) is 81.5 Å². The average molecular weight is 466 g/mol. The summed E-state index contributed by atoms with van der Waals surface area (Å²) in [5.41, 5.74) is 2.86. The van der Waals surface area contributed by atoms with Crippen LogP contribution in [0.1, 0.15) is 31.7 Å². The van der Waals surface area contributed by atoms with E-state index in [2.05, 4.69) is 56.2 Å². The normalized spacial score (nSPS) is 16.0. The first-order valence-corrected chi connectivity index (χ1v) is 12.1. The second-order valence-electron chi connectivity index (χ2n) is 8.32. The van der Waals surface area contributed by atoms with Crippen molar-refractivity contribution in [3.05, 3.63) is 48.0 Å². The molecule has 33 heavy (non-hydrogen) atoms. The van der Waals surface area contributed by atoms with Crippen LogP contribution < -0.4 is 19.7 Å². The van der Waals surface area contributed by atoms with Crippen molar-refractivity contribution < 1.29 is 14.3 Å². The minimum Gasteiger partial charge on any atom is -0.454 e. The van der Waals surface area contributed by atoms with E-state index in [-0.39, 0.29) is 18.0 Å². The molecule has 5 rings (SSSR count). The van der Waals surface area contributed by atoms with Gasteiger partial charge >= 0.3 is 0 Å². The highest BCUT2D eigenvalue weighted by molar-refractivity contribution is 8.00. The molecule has 1 unspecified atom stereocenters. The number of benzene rings is 2. The number of carbonyl (C=O) groups excluding carboxylic acids is 1. The maximum atomic E-state index is 12.9. The number of amides is 1. The molecule has 0 saturated carbocycles. The average Bonchev–Trinajstić information content (AvgIpc) is 3.47. The van der Waals surface area contributed by atoms with E-state index in [0.717, 1.165) is 37.6 Å². The van der Waals surface area contributed by atoms with E-state index in [1.807, 2.05) is 13.0 Å². The largest absolute Gasteiger partial charge is 0.454 e. The Morgan fingerprint density at radius 1 is 1.03 bits per heavy atom. The molecule has 2 aromatic carbocycles. The van der Waals surface area contributed by atoms with Gasteiger partial charge in [-0.3, -0.25) is 9.36 Å². The van der Waals surface area contributed by atoms with E-state index in [0.29, 0.717) is 22.3 Å². The fraction of sp³-hybridized carbons (Fsp3) is 0.375. The van der Waals surface area contributed by atoms with Gasteiger partial charge in [0.25, 0.3) is 0 Å². The summed E-state index contributed by atoms with van der Waals surface area (Å²) in [5, 5.41) is 12.3. The lowest BCUT2D eigenvalue weighted by molar-refractivity contribution is -0.115. The van der Waals surface area contributed by atoms with Gasteiger partial charge in [0.15, 0.2) is 16.7 Å². The number of nitrogens with zero attached hydrogens (tertiary/aromatic N) is 4. The number of anilines is 2. The van der Waals surface area contributed by atoms with Crippen molar-refractivity contribution in [3.8, 4) is 17.2 Å². The Balaban J connectivity index is 1.37. The van der Waals surface area contributed by atoms with Gasteiger partial charge in [0.1, 0.15) is 0 Å². The zero-order valence-electron chi connectivity index (χ0n) is 18.8. The number of fused-ring (bicyclic) bond motifs is 1. The van der Waals surface area contributed by atoms with Crippen molar-refractivity contribution in [2.75, 3.05) is 30.1 Å². The number of piperidine rings is 1. The first-order valence-electron chi connectivity index (χ1n) is 11.2. The summed E-state index contributed by atoms with van der Waals surface area (Å²) in [6, 6.07) is 13.7. The third-order valence-electron chi connectivity index (χ3n) is 5.84. The second kappa shape index (κ2) is 9.35. The maximum absolute atomic E-state index is 12.9. The number of rotatable bonds is 6. The monoisotopic (exact) mass is 465 g/mol. The summed E-state index contributed by atoms with van der Waals surface area (Å²) < 4.78 is 12.8. The fourth-order valence-corrected chi connectivity index (χ4v) is 4.85. The molecule has 0 aliphatic carbocycles. The number of ether oxygens (including phenoxy) is 2. The SMILES string of the molecule is Cc1ccc(-n2c(SC(C)C(=O)Nc3ccc4c(c3)OCO4)nnc2N2CCCCC2)cc1. The molecule has 2 aliphatic rings. The van der Waals surface area contributed by atoms with Crippen LogP contribution in [-0.2, 0) is 4.79 Å². The number of carbonyl (C=O) groups is 1. The Hall–Kier alpha value is -3.20. The van der Waals surface area contributed by atoms with E-state index < -0.39 is 0 Å². The van der Waals surface area contributed by atoms with Gasteiger partial charge in [0.2, 0.25) is 18.6 Å². The molecule has 0 bridgehead atoms. The molecule has 1 amide bonds. The molecule has 0 radical (unpaired) electrons. The van der Waals surface area contributed by atoms with E-state index in [4.69, 9.17) is 9.47 Å². The zero-order valence-corrected chi connectivity index (χ0v) is 19.6. The Morgan fingerprint density at radius 3 is 2.58 bits per heavy atom. The molecule has 1 saturated heterocycles. The van der Waals surface area contributed by atoms with Crippen LogP contribution in [0.5, 0.6) is 11.5 Å². The lowest BCUT2D eigenvalue weighted by atomic mass is 10.1. The highest BCUT2D eigenvalue weighted by atomic mass is 32.2. The van der Waals surface area contributed by atoms with Crippen LogP contribution in [0.15, 0.2) is 47.6 Å². The van der Waals surface area contributed by atoms with Crippen molar-refractivity contribution in [2.45, 2.75) is 43.5 Å². The summed E-state index contributed by atoms with van der Waals surface area (Å²) in [6.45, 7) is 6.08. The minimum atomic E-state index is -0.377. The molecule has 8 nitrogen and oxygen atoms in total. The quantitative estimate of drug-likeness (QED) is 0.540. The number of hydrogen-bond donors (Lipinski definition) is 1. The number of hydrogen-bond acceptors (Lipinski definition) is 7. The van der Waals surface area contributed by atoms with Crippen molar-refractivity contribution in [1.82, 2.24) is 14.8 Å². The summed E-state index contributed by atoms with van der Waals surface area (Å²) in [4.78, 5) is 15.2. The molecule has 9 heteroatoms. The molecule has 172 valence electrons. The fourth-order valence-electron chi connectivity index (χ4n) is 3.99. The Labute approximate surface area is 197 Å². The molecule has 3 aromatic rings. The molecule has 1 N–H and O–H groups in total. The van der Waals surface area contributed by atoms with Gasteiger partial charge in [-0.05, 0) is 57.4 Å². The summed E-state index contributed by atoms with van der Waals surface area (Å²) >= 11 is 1.40. The molecule has 3 heterocycles. The zero-order chi connectivity index (χ0) is 22.8. The first-order chi connectivity index (χ1) is 16.1. The molecule has 1 atom stereocenters. The van der Waals surface area contributed by atoms with Crippen LogP contribution >= 0.6 is 11.8 Å². The van der Waals surface area contributed by atoms with Crippen molar-refractivity contribution >= 4 is 29.3 Å². The van der Waals surface area contributed by atoms with Crippen LogP contribution in [0, 0.1) is 6.92 Å². The smallest absolute Gasteiger partial charge is 0.237 e. The highest BCUT2D eigenvalue weighted by Crippen LogP contribution is 2.35. The lowest BCUT2D eigenvalue weighted by Crippen LogP contribution is -2.31. The standard InChI is InChI=1S/C24H27N5O3S/c1-16-6-9-19(10-7-16)29-23(28-12-4-3-5-13-28)26-27-24(29)33-17(2)22(30)25-18-8-11-20-21(14-18)32-15-31-20/h6-11,14,17H,3-5,12-13,15H2,1-2H3,(H,25,30). The second-order valence-corrected chi connectivity index (χ2v) is 9.63. The number of aromatic nitrogens is 3. The van der Waals surface area contributed by atoms with Gasteiger partial charge in [0, 0.05) is 24.8 Å². The van der Waals surface area contributed by atoms with Crippen LogP contribution in [0.2, 0.25) is 0 Å².